The third-order valence-corrected chi connectivity index (χ3v) is 5.13. The number of rotatable bonds is 4. The summed E-state index contributed by atoms with van der Waals surface area (Å²) in [5.41, 5.74) is 3.71. The molecule has 1 aliphatic rings. The molecule has 3 rings (SSSR count). The first kappa shape index (κ1) is 19.4. The topological polar surface area (TPSA) is 63.0 Å². The van der Waals surface area contributed by atoms with Crippen LogP contribution in [0.4, 0.5) is 4.79 Å². The van der Waals surface area contributed by atoms with Crippen LogP contribution >= 0.6 is 0 Å². The molecule has 2 aromatic rings. The van der Waals surface area contributed by atoms with Gasteiger partial charge in [-0.15, -0.1) is 0 Å². The van der Waals surface area contributed by atoms with E-state index >= 15 is 0 Å². The number of hydrogen-bond acceptors (Lipinski definition) is 5. The lowest BCUT2D eigenvalue weighted by Gasteiger charge is -2.34. The van der Waals surface area contributed by atoms with Gasteiger partial charge in [-0.2, -0.15) is 0 Å². The number of piperazine rings is 1. The van der Waals surface area contributed by atoms with E-state index in [4.69, 9.17) is 9.15 Å². The summed E-state index contributed by atoms with van der Waals surface area (Å²) < 4.78 is 10.5. The van der Waals surface area contributed by atoms with Crippen molar-refractivity contribution in [3.63, 3.8) is 0 Å². The average molecular weight is 372 g/mol. The first-order chi connectivity index (χ1) is 12.9. The maximum absolute atomic E-state index is 12.0. The summed E-state index contributed by atoms with van der Waals surface area (Å²) in [6.45, 7) is 12.0. The highest BCUT2D eigenvalue weighted by atomic mass is 16.6. The van der Waals surface area contributed by atoms with Crippen LogP contribution in [0.15, 0.2) is 27.4 Å². The second-order valence-electron chi connectivity index (χ2n) is 7.41. The summed E-state index contributed by atoms with van der Waals surface area (Å²) in [4.78, 5) is 27.9. The quantitative estimate of drug-likeness (QED) is 0.769. The fourth-order valence-corrected chi connectivity index (χ4v) is 3.69. The van der Waals surface area contributed by atoms with Crippen molar-refractivity contribution in [2.75, 3.05) is 32.8 Å². The molecule has 2 heterocycles. The van der Waals surface area contributed by atoms with E-state index in [0.717, 1.165) is 29.6 Å². The molecule has 1 aromatic heterocycles. The number of aryl methyl sites for hydroxylation is 1. The number of nitrogens with zero attached hydrogens (tertiary/aromatic N) is 2. The molecule has 6 nitrogen and oxygen atoms in total. The predicted octanol–water partition coefficient (Wildman–Crippen LogP) is 3.50. The van der Waals surface area contributed by atoms with Crippen LogP contribution < -0.4 is 5.63 Å². The Morgan fingerprint density at radius 1 is 1.19 bits per heavy atom. The maximum atomic E-state index is 12.0. The minimum atomic E-state index is -0.320. The molecule has 1 aromatic carbocycles. The van der Waals surface area contributed by atoms with Crippen LogP contribution in [0.5, 0.6) is 0 Å². The molecule has 1 fully saturated rings. The van der Waals surface area contributed by atoms with E-state index in [1.165, 1.54) is 5.56 Å². The van der Waals surface area contributed by atoms with Crippen LogP contribution in [0.2, 0.25) is 0 Å². The average Bonchev–Trinajstić information content (AvgIpc) is 2.61. The van der Waals surface area contributed by atoms with Crippen LogP contribution in [0, 0.1) is 6.92 Å². The lowest BCUT2D eigenvalue weighted by molar-refractivity contribution is 0.0779. The molecule has 1 aliphatic heterocycles. The second kappa shape index (κ2) is 8.13. The van der Waals surface area contributed by atoms with Crippen molar-refractivity contribution < 1.29 is 13.9 Å². The number of carbonyl (C=O) groups is 1. The Hall–Kier alpha value is -2.34. The number of benzene rings is 1. The van der Waals surface area contributed by atoms with E-state index < -0.39 is 0 Å². The SMILES string of the molecule is CCOC(=O)N1CCN(Cc2cc(=O)oc3cc(C)c(C(C)C)cc23)CC1. The molecular formula is C21H28N2O4. The van der Waals surface area contributed by atoms with Crippen LogP contribution in [0.3, 0.4) is 0 Å². The lowest BCUT2D eigenvalue weighted by atomic mass is 9.95. The lowest BCUT2D eigenvalue weighted by Crippen LogP contribution is -2.48. The van der Waals surface area contributed by atoms with Gasteiger partial charge in [-0.25, -0.2) is 9.59 Å². The Morgan fingerprint density at radius 2 is 1.89 bits per heavy atom. The molecule has 27 heavy (non-hydrogen) atoms. The van der Waals surface area contributed by atoms with Crippen LogP contribution in [-0.2, 0) is 11.3 Å². The third kappa shape index (κ3) is 4.33. The van der Waals surface area contributed by atoms with Gasteiger partial charge in [-0.1, -0.05) is 13.8 Å². The molecule has 1 amide bonds. The van der Waals surface area contributed by atoms with Gasteiger partial charge in [0.05, 0.1) is 6.61 Å². The summed E-state index contributed by atoms with van der Waals surface area (Å²) in [5.74, 6) is 0.405. The molecule has 146 valence electrons. The minimum Gasteiger partial charge on any atom is -0.450 e. The molecule has 0 N–H and O–H groups in total. The fourth-order valence-electron chi connectivity index (χ4n) is 3.69. The van der Waals surface area contributed by atoms with Crippen molar-refractivity contribution in [3.8, 4) is 0 Å². The summed E-state index contributed by atoms with van der Waals surface area (Å²) in [7, 11) is 0. The van der Waals surface area contributed by atoms with E-state index in [-0.39, 0.29) is 11.7 Å². The molecule has 6 heteroatoms. The Bertz CT molecular complexity index is 880. The van der Waals surface area contributed by atoms with E-state index in [1.807, 2.05) is 13.0 Å². The highest BCUT2D eigenvalue weighted by molar-refractivity contribution is 5.82. The van der Waals surface area contributed by atoms with E-state index in [0.29, 0.717) is 37.7 Å². The van der Waals surface area contributed by atoms with Crippen molar-refractivity contribution in [2.45, 2.75) is 40.2 Å². The van der Waals surface area contributed by atoms with Gasteiger partial charge >= 0.3 is 11.7 Å². The highest BCUT2D eigenvalue weighted by Crippen LogP contribution is 2.27. The van der Waals surface area contributed by atoms with Crippen LogP contribution in [-0.4, -0.2) is 48.7 Å². The van der Waals surface area contributed by atoms with Crippen LogP contribution in [0.1, 0.15) is 43.4 Å². The minimum absolute atomic E-state index is 0.250. The zero-order valence-electron chi connectivity index (χ0n) is 16.6. The van der Waals surface area contributed by atoms with E-state index in [2.05, 4.69) is 31.7 Å². The summed E-state index contributed by atoms with van der Waals surface area (Å²) in [6.07, 6.45) is -0.250. The van der Waals surface area contributed by atoms with Crippen molar-refractivity contribution in [2.24, 2.45) is 0 Å². The van der Waals surface area contributed by atoms with Gasteiger partial charge in [-0.05, 0) is 48.6 Å². The van der Waals surface area contributed by atoms with E-state index in [1.54, 1.807) is 11.0 Å². The van der Waals surface area contributed by atoms with Gasteiger partial charge in [0.1, 0.15) is 5.58 Å². The molecule has 0 spiro atoms. The number of fused-ring (bicyclic) bond motifs is 1. The van der Waals surface area contributed by atoms with Crippen molar-refractivity contribution in [1.82, 2.24) is 9.80 Å². The van der Waals surface area contributed by atoms with Crippen molar-refractivity contribution in [1.29, 1.82) is 0 Å². The smallest absolute Gasteiger partial charge is 0.409 e. The Labute approximate surface area is 159 Å². The standard InChI is InChI=1S/C21H28N2O4/c1-5-26-21(25)23-8-6-22(7-9-23)13-16-11-20(24)27-19-10-15(4)17(14(2)3)12-18(16)19/h10-12,14H,5-9,13H2,1-4H3. The summed E-state index contributed by atoms with van der Waals surface area (Å²) in [6, 6.07) is 5.72. The molecule has 0 bridgehead atoms. The predicted molar refractivity (Wildman–Crippen MR) is 105 cm³/mol. The molecule has 0 atom stereocenters. The van der Waals surface area contributed by atoms with Gasteiger partial charge in [-0.3, -0.25) is 4.90 Å². The Morgan fingerprint density at radius 3 is 2.52 bits per heavy atom. The monoisotopic (exact) mass is 372 g/mol. The summed E-state index contributed by atoms with van der Waals surface area (Å²) in [5, 5.41) is 0.997. The van der Waals surface area contributed by atoms with Gasteiger partial charge in [0.2, 0.25) is 0 Å². The molecular weight excluding hydrogens is 344 g/mol. The second-order valence-corrected chi connectivity index (χ2v) is 7.41. The number of carbonyl (C=O) groups excluding carboxylic acids is 1. The van der Waals surface area contributed by atoms with Crippen LogP contribution in [0.25, 0.3) is 11.0 Å². The third-order valence-electron chi connectivity index (χ3n) is 5.13. The van der Waals surface area contributed by atoms with E-state index in [9.17, 15) is 9.59 Å². The van der Waals surface area contributed by atoms with Crippen molar-refractivity contribution in [3.05, 3.63) is 45.3 Å². The highest BCUT2D eigenvalue weighted by Gasteiger charge is 2.22. The Kier molecular flexibility index (Phi) is 5.85. The zero-order chi connectivity index (χ0) is 19.6. The van der Waals surface area contributed by atoms with Gasteiger partial charge in [0, 0.05) is 44.2 Å². The van der Waals surface area contributed by atoms with Crippen molar-refractivity contribution >= 4 is 17.1 Å². The molecule has 0 saturated carbocycles. The molecule has 1 saturated heterocycles. The van der Waals surface area contributed by atoms with Gasteiger partial charge < -0.3 is 14.1 Å². The molecule has 0 unspecified atom stereocenters. The van der Waals surface area contributed by atoms with Gasteiger partial charge in [0.15, 0.2) is 0 Å². The number of ether oxygens (including phenoxy) is 1. The largest absolute Gasteiger partial charge is 0.450 e. The first-order valence-electron chi connectivity index (χ1n) is 9.60. The first-order valence-corrected chi connectivity index (χ1v) is 9.60. The van der Waals surface area contributed by atoms with Gasteiger partial charge in [0.25, 0.3) is 0 Å². The normalized spacial score (nSPS) is 15.5. The zero-order valence-corrected chi connectivity index (χ0v) is 16.6. The Balaban J connectivity index is 1.82. The number of hydrogen-bond donors (Lipinski definition) is 0. The number of amides is 1. The summed E-state index contributed by atoms with van der Waals surface area (Å²) >= 11 is 0. The maximum Gasteiger partial charge on any atom is 0.409 e. The molecule has 0 aliphatic carbocycles. The molecule has 0 radical (unpaired) electrons. The fraction of sp³-hybridized carbons (Fsp3) is 0.524.